The second-order valence-electron chi connectivity index (χ2n) is 6.42. The number of ether oxygens (including phenoxy) is 1. The molecule has 136 valence electrons. The maximum absolute atomic E-state index is 12.5. The number of furan rings is 1. The molecule has 0 atom stereocenters. The molecule has 5 heteroatoms. The molecule has 0 aliphatic carbocycles. The summed E-state index contributed by atoms with van der Waals surface area (Å²) in [6.45, 7) is 3.69. The summed E-state index contributed by atoms with van der Waals surface area (Å²) in [4.78, 5) is 24.1. The Balaban J connectivity index is 1.62. The highest BCUT2D eigenvalue weighted by Crippen LogP contribution is 2.28. The maximum atomic E-state index is 12.5. The molecule has 0 saturated heterocycles. The number of Topliss-reactive ketones (excluding diaryl/α,β-unsaturated/α-hetero) is 1. The number of para-hydroxylation sites is 1. The molecule has 0 N–H and O–H groups in total. The highest BCUT2D eigenvalue weighted by molar-refractivity contribution is 5.98. The van der Waals surface area contributed by atoms with Crippen molar-refractivity contribution < 1.29 is 18.4 Å². The number of rotatable bonds is 5. The van der Waals surface area contributed by atoms with Crippen molar-refractivity contribution in [3.05, 3.63) is 75.8 Å². The number of carbonyl (C=O) groups excluding carboxylic acids is 1. The number of aryl methyl sites for hydroxylation is 2. The summed E-state index contributed by atoms with van der Waals surface area (Å²) in [6, 6.07) is 14.3. The Morgan fingerprint density at radius 3 is 2.63 bits per heavy atom. The molecule has 0 unspecified atom stereocenters. The predicted octanol–water partition coefficient (Wildman–Crippen LogP) is 4.67. The number of carbonyl (C=O) groups is 1. The van der Waals surface area contributed by atoms with E-state index in [0.29, 0.717) is 23.3 Å². The third-order valence-corrected chi connectivity index (χ3v) is 4.57. The van der Waals surface area contributed by atoms with Gasteiger partial charge in [0, 0.05) is 16.8 Å². The normalized spacial score (nSPS) is 11.2. The van der Waals surface area contributed by atoms with Gasteiger partial charge in [0.2, 0.25) is 5.78 Å². The third kappa shape index (κ3) is 3.24. The van der Waals surface area contributed by atoms with Crippen molar-refractivity contribution in [2.75, 3.05) is 6.61 Å². The Morgan fingerprint density at radius 1 is 1.04 bits per heavy atom. The van der Waals surface area contributed by atoms with Crippen LogP contribution >= 0.6 is 0 Å². The van der Waals surface area contributed by atoms with E-state index in [1.165, 1.54) is 6.07 Å². The SMILES string of the molecule is CCc1cc2oc(=O)cc(C)c2cc1OCC(=O)c1cc2ccccc2o1. The lowest BCUT2D eigenvalue weighted by molar-refractivity contribution is 0.0895. The van der Waals surface area contributed by atoms with Crippen LogP contribution in [0.2, 0.25) is 0 Å². The summed E-state index contributed by atoms with van der Waals surface area (Å²) >= 11 is 0. The van der Waals surface area contributed by atoms with Crippen molar-refractivity contribution in [1.29, 1.82) is 0 Å². The van der Waals surface area contributed by atoms with Crippen LogP contribution in [0.1, 0.15) is 28.6 Å². The third-order valence-electron chi connectivity index (χ3n) is 4.57. The molecule has 2 aromatic heterocycles. The van der Waals surface area contributed by atoms with Crippen molar-refractivity contribution in [2.24, 2.45) is 0 Å². The quantitative estimate of drug-likeness (QED) is 0.381. The summed E-state index contributed by atoms with van der Waals surface area (Å²) in [5.74, 6) is 0.647. The molecule has 4 rings (SSSR count). The van der Waals surface area contributed by atoms with Gasteiger partial charge in [-0.3, -0.25) is 4.79 Å². The van der Waals surface area contributed by atoms with Crippen LogP contribution in [0.25, 0.3) is 21.9 Å². The first-order valence-electron chi connectivity index (χ1n) is 8.77. The van der Waals surface area contributed by atoms with E-state index in [1.54, 1.807) is 12.1 Å². The van der Waals surface area contributed by atoms with Gasteiger partial charge >= 0.3 is 5.63 Å². The molecule has 4 aromatic rings. The fourth-order valence-corrected chi connectivity index (χ4v) is 3.13. The molecule has 0 saturated carbocycles. The van der Waals surface area contributed by atoms with Gasteiger partial charge in [-0.2, -0.15) is 0 Å². The molecule has 0 aliphatic rings. The molecule has 0 spiro atoms. The lowest BCUT2D eigenvalue weighted by Crippen LogP contribution is -2.12. The van der Waals surface area contributed by atoms with Crippen LogP contribution in [0.4, 0.5) is 0 Å². The van der Waals surface area contributed by atoms with Crippen molar-refractivity contribution in [3.63, 3.8) is 0 Å². The zero-order chi connectivity index (χ0) is 19.0. The fraction of sp³-hybridized carbons (Fsp3) is 0.182. The zero-order valence-electron chi connectivity index (χ0n) is 15.1. The predicted molar refractivity (Wildman–Crippen MR) is 103 cm³/mol. The van der Waals surface area contributed by atoms with Crippen molar-refractivity contribution in [2.45, 2.75) is 20.3 Å². The summed E-state index contributed by atoms with van der Waals surface area (Å²) in [5, 5.41) is 1.67. The van der Waals surface area contributed by atoms with Gasteiger partial charge in [0.05, 0.1) is 0 Å². The van der Waals surface area contributed by atoms with E-state index in [-0.39, 0.29) is 23.8 Å². The standard InChI is InChI=1S/C22H18O5/c1-3-14-9-20-16(13(2)8-22(24)27-20)11-19(14)25-12-17(23)21-10-15-6-4-5-7-18(15)26-21/h4-11H,3,12H2,1-2H3. The molecule has 0 aliphatic heterocycles. The monoisotopic (exact) mass is 362 g/mol. The van der Waals surface area contributed by atoms with Gasteiger partial charge < -0.3 is 13.6 Å². The average Bonchev–Trinajstić information content (AvgIpc) is 3.10. The molecule has 0 radical (unpaired) electrons. The lowest BCUT2D eigenvalue weighted by atomic mass is 10.1. The van der Waals surface area contributed by atoms with Gasteiger partial charge in [-0.25, -0.2) is 4.79 Å². The van der Waals surface area contributed by atoms with E-state index >= 15 is 0 Å². The fourth-order valence-electron chi connectivity index (χ4n) is 3.13. The van der Waals surface area contributed by atoms with Gasteiger partial charge in [0.1, 0.15) is 16.9 Å². The Morgan fingerprint density at radius 2 is 1.85 bits per heavy atom. The topological polar surface area (TPSA) is 69.7 Å². The molecule has 27 heavy (non-hydrogen) atoms. The molecule has 0 amide bonds. The number of hydrogen-bond acceptors (Lipinski definition) is 5. The zero-order valence-corrected chi connectivity index (χ0v) is 15.1. The number of hydrogen-bond donors (Lipinski definition) is 0. The van der Waals surface area contributed by atoms with Gasteiger partial charge in [-0.15, -0.1) is 0 Å². The van der Waals surface area contributed by atoms with Crippen LogP contribution in [0.5, 0.6) is 5.75 Å². The van der Waals surface area contributed by atoms with Crippen LogP contribution in [0.3, 0.4) is 0 Å². The van der Waals surface area contributed by atoms with Crippen molar-refractivity contribution >= 4 is 27.7 Å². The number of benzene rings is 2. The van der Waals surface area contributed by atoms with E-state index in [0.717, 1.165) is 21.9 Å². The molecule has 0 bridgehead atoms. The summed E-state index contributed by atoms with van der Waals surface area (Å²) in [6.07, 6.45) is 0.682. The van der Waals surface area contributed by atoms with Crippen LogP contribution in [0, 0.1) is 6.92 Å². The molecule has 2 heterocycles. The van der Waals surface area contributed by atoms with E-state index in [4.69, 9.17) is 13.6 Å². The first-order chi connectivity index (χ1) is 13.0. The van der Waals surface area contributed by atoms with Gasteiger partial charge in [0.15, 0.2) is 12.4 Å². The van der Waals surface area contributed by atoms with Crippen molar-refractivity contribution in [1.82, 2.24) is 0 Å². The van der Waals surface area contributed by atoms with Gasteiger partial charge in [-0.05, 0) is 48.7 Å². The van der Waals surface area contributed by atoms with Gasteiger partial charge in [-0.1, -0.05) is 25.1 Å². The minimum atomic E-state index is -0.379. The van der Waals surface area contributed by atoms with Crippen LogP contribution in [0.15, 0.2) is 62.2 Å². The second kappa shape index (κ2) is 6.76. The highest BCUT2D eigenvalue weighted by Gasteiger charge is 2.15. The molecular formula is C22H18O5. The van der Waals surface area contributed by atoms with Crippen LogP contribution in [-0.4, -0.2) is 12.4 Å². The first-order valence-corrected chi connectivity index (χ1v) is 8.77. The highest BCUT2D eigenvalue weighted by atomic mass is 16.5. The number of ketones is 1. The Bertz CT molecular complexity index is 1180. The number of fused-ring (bicyclic) bond motifs is 2. The summed E-state index contributed by atoms with van der Waals surface area (Å²) in [7, 11) is 0. The minimum absolute atomic E-state index is 0.131. The Kier molecular flexibility index (Phi) is 4.28. The second-order valence-corrected chi connectivity index (χ2v) is 6.42. The van der Waals surface area contributed by atoms with Crippen LogP contribution in [-0.2, 0) is 6.42 Å². The molecule has 0 fully saturated rings. The van der Waals surface area contributed by atoms with E-state index in [2.05, 4.69) is 0 Å². The Labute approximate surface area is 155 Å². The average molecular weight is 362 g/mol. The maximum Gasteiger partial charge on any atom is 0.336 e. The minimum Gasteiger partial charge on any atom is -0.485 e. The molecular weight excluding hydrogens is 344 g/mol. The largest absolute Gasteiger partial charge is 0.485 e. The lowest BCUT2D eigenvalue weighted by Gasteiger charge is -2.11. The smallest absolute Gasteiger partial charge is 0.336 e. The van der Waals surface area contributed by atoms with Gasteiger partial charge in [0.25, 0.3) is 0 Å². The van der Waals surface area contributed by atoms with E-state index in [9.17, 15) is 9.59 Å². The first kappa shape index (κ1) is 17.1. The molecule has 2 aromatic carbocycles. The summed E-state index contributed by atoms with van der Waals surface area (Å²) < 4.78 is 16.7. The summed E-state index contributed by atoms with van der Waals surface area (Å²) in [5.41, 5.74) is 2.49. The van der Waals surface area contributed by atoms with Crippen molar-refractivity contribution in [3.8, 4) is 5.75 Å². The molecule has 5 nitrogen and oxygen atoms in total. The van der Waals surface area contributed by atoms with E-state index in [1.807, 2.05) is 44.2 Å². The van der Waals surface area contributed by atoms with Crippen LogP contribution < -0.4 is 10.4 Å². The Hall–Kier alpha value is -3.34. The van der Waals surface area contributed by atoms with E-state index < -0.39 is 0 Å².